The van der Waals surface area contributed by atoms with Crippen LogP contribution in [-0.4, -0.2) is 12.0 Å². The van der Waals surface area contributed by atoms with Crippen molar-refractivity contribution in [3.8, 4) is 22.8 Å². The summed E-state index contributed by atoms with van der Waals surface area (Å²) < 4.78 is 18.8. The maximum Gasteiger partial charge on any atom is 0.228 e. The highest BCUT2D eigenvalue weighted by Crippen LogP contribution is 2.32. The second-order valence-electron chi connectivity index (χ2n) is 4.32. The van der Waals surface area contributed by atoms with E-state index >= 15 is 0 Å². The number of benzene rings is 2. The molecule has 0 radical (unpaired) electrons. The van der Waals surface area contributed by atoms with E-state index in [-0.39, 0.29) is 5.82 Å². The highest BCUT2D eigenvalue weighted by atomic mass is 19.1. The second-order valence-corrected chi connectivity index (χ2v) is 4.32. The lowest BCUT2D eigenvalue weighted by molar-refractivity contribution is 0.588. The third-order valence-corrected chi connectivity index (χ3v) is 2.99. The Balaban J connectivity index is 2.07. The predicted octanol–water partition coefficient (Wildman–Crippen LogP) is 4.19. The first-order valence-electron chi connectivity index (χ1n) is 6.28. The van der Waals surface area contributed by atoms with Crippen molar-refractivity contribution >= 4 is 5.82 Å². The third kappa shape index (κ3) is 2.28. The van der Waals surface area contributed by atoms with Crippen molar-refractivity contribution in [3.63, 3.8) is 0 Å². The Morgan fingerprint density at radius 1 is 0.950 bits per heavy atom. The van der Waals surface area contributed by atoms with Gasteiger partial charge in [0.25, 0.3) is 0 Å². The average Bonchev–Trinajstić information content (AvgIpc) is 2.93. The van der Waals surface area contributed by atoms with Gasteiger partial charge < -0.3 is 9.73 Å². The number of aromatic nitrogens is 1. The van der Waals surface area contributed by atoms with E-state index in [1.807, 2.05) is 30.3 Å². The lowest BCUT2D eigenvalue weighted by atomic mass is 10.2. The molecule has 0 saturated carbocycles. The minimum Gasteiger partial charge on any atom is -0.434 e. The summed E-state index contributed by atoms with van der Waals surface area (Å²) in [5.41, 5.74) is 1.68. The Kier molecular flexibility index (Phi) is 3.21. The molecule has 0 bridgehead atoms. The molecule has 0 aliphatic carbocycles. The minimum atomic E-state index is -0.280. The molecule has 4 heteroatoms. The summed E-state index contributed by atoms with van der Waals surface area (Å²) >= 11 is 0. The molecule has 20 heavy (non-hydrogen) atoms. The van der Waals surface area contributed by atoms with E-state index in [4.69, 9.17) is 4.42 Å². The largest absolute Gasteiger partial charge is 0.434 e. The van der Waals surface area contributed by atoms with Crippen molar-refractivity contribution in [2.24, 2.45) is 0 Å². The van der Waals surface area contributed by atoms with Crippen molar-refractivity contribution in [2.75, 3.05) is 12.4 Å². The van der Waals surface area contributed by atoms with Gasteiger partial charge in [-0.15, -0.1) is 0 Å². The Labute approximate surface area is 116 Å². The zero-order valence-corrected chi connectivity index (χ0v) is 10.9. The van der Waals surface area contributed by atoms with Crippen molar-refractivity contribution < 1.29 is 8.81 Å². The molecular weight excluding hydrogens is 255 g/mol. The van der Waals surface area contributed by atoms with Crippen LogP contribution in [0.2, 0.25) is 0 Å². The number of nitrogens with zero attached hydrogens (tertiary/aromatic N) is 1. The number of anilines is 1. The van der Waals surface area contributed by atoms with Crippen LogP contribution in [0.4, 0.5) is 10.2 Å². The van der Waals surface area contributed by atoms with E-state index in [2.05, 4.69) is 10.3 Å². The molecule has 0 spiro atoms. The van der Waals surface area contributed by atoms with Crippen LogP contribution in [0.25, 0.3) is 22.8 Å². The highest BCUT2D eigenvalue weighted by Gasteiger charge is 2.15. The van der Waals surface area contributed by atoms with Crippen molar-refractivity contribution in [2.45, 2.75) is 0 Å². The number of halogens is 1. The Hall–Kier alpha value is -2.62. The van der Waals surface area contributed by atoms with Crippen LogP contribution < -0.4 is 5.32 Å². The van der Waals surface area contributed by atoms with Gasteiger partial charge >= 0.3 is 0 Å². The summed E-state index contributed by atoms with van der Waals surface area (Å²) in [5, 5.41) is 3.02. The van der Waals surface area contributed by atoms with Gasteiger partial charge in [0, 0.05) is 18.2 Å². The van der Waals surface area contributed by atoms with Crippen LogP contribution in [0.1, 0.15) is 0 Å². The van der Waals surface area contributed by atoms with E-state index in [1.54, 1.807) is 19.2 Å². The maximum absolute atomic E-state index is 13.0. The van der Waals surface area contributed by atoms with Crippen molar-refractivity contribution in [3.05, 3.63) is 60.4 Å². The molecule has 0 aliphatic rings. The summed E-state index contributed by atoms with van der Waals surface area (Å²) in [6.07, 6.45) is 0. The summed E-state index contributed by atoms with van der Waals surface area (Å²) in [6, 6.07) is 15.8. The molecule has 1 N–H and O–H groups in total. The molecule has 1 heterocycles. The summed E-state index contributed by atoms with van der Waals surface area (Å²) in [4.78, 5) is 4.40. The van der Waals surface area contributed by atoms with Crippen molar-refractivity contribution in [1.82, 2.24) is 4.98 Å². The Morgan fingerprint density at radius 2 is 1.65 bits per heavy atom. The molecule has 0 saturated heterocycles. The van der Waals surface area contributed by atoms with Gasteiger partial charge in [0.15, 0.2) is 11.6 Å². The minimum absolute atomic E-state index is 0.280. The molecule has 1 aromatic heterocycles. The first kappa shape index (κ1) is 12.4. The Morgan fingerprint density at radius 3 is 2.30 bits per heavy atom. The fraction of sp³-hybridized carbons (Fsp3) is 0.0625. The predicted molar refractivity (Wildman–Crippen MR) is 76.9 cm³/mol. The van der Waals surface area contributed by atoms with Crippen LogP contribution >= 0.6 is 0 Å². The van der Waals surface area contributed by atoms with E-state index in [9.17, 15) is 4.39 Å². The topological polar surface area (TPSA) is 38.1 Å². The number of rotatable bonds is 3. The summed E-state index contributed by atoms with van der Waals surface area (Å²) in [5.74, 6) is 1.52. The normalized spacial score (nSPS) is 10.5. The fourth-order valence-corrected chi connectivity index (χ4v) is 1.99. The first-order valence-corrected chi connectivity index (χ1v) is 6.28. The highest BCUT2D eigenvalue weighted by molar-refractivity contribution is 5.72. The summed E-state index contributed by atoms with van der Waals surface area (Å²) in [6.45, 7) is 0. The molecule has 0 aliphatic heterocycles. The number of nitrogens with one attached hydrogen (secondary N) is 1. The van der Waals surface area contributed by atoms with Gasteiger partial charge in [-0.3, -0.25) is 0 Å². The quantitative estimate of drug-likeness (QED) is 0.774. The van der Waals surface area contributed by atoms with Gasteiger partial charge in [-0.25, -0.2) is 4.39 Å². The Bertz CT molecular complexity index is 705. The SMILES string of the molecule is CNc1nc(-c2ccc(F)cc2)oc1-c1ccccc1. The maximum atomic E-state index is 13.0. The number of hydrogen-bond donors (Lipinski definition) is 1. The average molecular weight is 268 g/mol. The van der Waals surface area contributed by atoms with Crippen LogP contribution in [0.3, 0.4) is 0 Å². The van der Waals surface area contributed by atoms with E-state index in [0.717, 1.165) is 11.1 Å². The molecule has 0 amide bonds. The molecule has 100 valence electrons. The van der Waals surface area contributed by atoms with Crippen LogP contribution in [0.15, 0.2) is 59.0 Å². The fourth-order valence-electron chi connectivity index (χ4n) is 1.99. The zero-order chi connectivity index (χ0) is 13.9. The standard InChI is InChI=1S/C16H13FN2O/c1-18-15-14(11-5-3-2-4-6-11)20-16(19-15)12-7-9-13(17)10-8-12/h2-10,18H,1H3. The zero-order valence-electron chi connectivity index (χ0n) is 10.9. The molecule has 0 unspecified atom stereocenters. The first-order chi connectivity index (χ1) is 9.78. The van der Waals surface area contributed by atoms with Crippen LogP contribution in [0.5, 0.6) is 0 Å². The van der Waals surface area contributed by atoms with Gasteiger partial charge in [0.2, 0.25) is 5.89 Å². The van der Waals surface area contributed by atoms with Gasteiger partial charge in [-0.05, 0) is 24.3 Å². The molecule has 3 nitrogen and oxygen atoms in total. The number of oxazole rings is 1. The molecule has 2 aromatic carbocycles. The van der Waals surface area contributed by atoms with Crippen LogP contribution in [-0.2, 0) is 0 Å². The lowest BCUT2D eigenvalue weighted by Crippen LogP contribution is -1.90. The van der Waals surface area contributed by atoms with Gasteiger partial charge in [0.05, 0.1) is 0 Å². The second kappa shape index (κ2) is 5.17. The lowest BCUT2D eigenvalue weighted by Gasteiger charge is -1.98. The van der Waals surface area contributed by atoms with E-state index in [1.165, 1.54) is 12.1 Å². The molecule has 0 atom stereocenters. The van der Waals surface area contributed by atoms with Crippen molar-refractivity contribution in [1.29, 1.82) is 0 Å². The molecular formula is C16H13FN2O. The smallest absolute Gasteiger partial charge is 0.228 e. The number of hydrogen-bond acceptors (Lipinski definition) is 3. The van der Waals surface area contributed by atoms with Crippen LogP contribution in [0, 0.1) is 5.82 Å². The molecule has 3 aromatic rings. The monoisotopic (exact) mass is 268 g/mol. The van der Waals surface area contributed by atoms with Gasteiger partial charge in [0.1, 0.15) is 5.82 Å². The van der Waals surface area contributed by atoms with Gasteiger partial charge in [-0.2, -0.15) is 4.98 Å². The van der Waals surface area contributed by atoms with Gasteiger partial charge in [-0.1, -0.05) is 30.3 Å². The van der Waals surface area contributed by atoms with E-state index < -0.39 is 0 Å². The molecule has 3 rings (SSSR count). The third-order valence-electron chi connectivity index (χ3n) is 2.99. The molecule has 0 fully saturated rings. The van der Waals surface area contributed by atoms with E-state index in [0.29, 0.717) is 17.5 Å². The summed E-state index contributed by atoms with van der Waals surface area (Å²) in [7, 11) is 1.79.